The van der Waals surface area contributed by atoms with E-state index < -0.39 is 18.0 Å². The van der Waals surface area contributed by atoms with Crippen molar-refractivity contribution >= 4 is 23.5 Å². The number of rotatable bonds is 18. The van der Waals surface area contributed by atoms with Crippen molar-refractivity contribution in [3.63, 3.8) is 0 Å². The van der Waals surface area contributed by atoms with Crippen molar-refractivity contribution in [1.29, 1.82) is 0 Å². The maximum atomic E-state index is 13.4. The number of esters is 1. The predicted octanol–water partition coefficient (Wildman–Crippen LogP) is 4.18. The van der Waals surface area contributed by atoms with Crippen LogP contribution in [0.25, 0.3) is 22.5 Å². The largest absolute Gasteiger partial charge is 0.481 e. The normalized spacial score (nSPS) is 12.2. The monoisotopic (exact) mass is 651 g/mol. The molecule has 4 rings (SSSR count). The standard InChI is InChI=1S/C32H42ClN9O4/c1-4-5-12-28-35-30(33)27(19-46-32(45)26(11-8-13-29(43)44)41(20-34)21-40(2)3)42(28)18-22-14-16-23(17-15-22)24-9-6-7-10-25(24)31-36-38-39-37-31/h6-7,9-10,14-17,26H,4-5,8,11-13,18-21,34H2,1-3H3,(H,43,44)(H,36,37,38,39)/t26-/m1/s1. The lowest BCUT2D eigenvalue weighted by Crippen LogP contribution is -2.49. The molecule has 246 valence electrons. The molecule has 4 aromatic rings. The minimum Gasteiger partial charge on any atom is -0.481 e. The van der Waals surface area contributed by atoms with Crippen LogP contribution in [-0.2, 0) is 33.9 Å². The third-order valence-corrected chi connectivity index (χ3v) is 7.91. The van der Waals surface area contributed by atoms with E-state index in [1.54, 1.807) is 4.90 Å². The Morgan fingerprint density at radius 3 is 2.48 bits per heavy atom. The number of ether oxygens (including phenoxy) is 1. The predicted molar refractivity (Wildman–Crippen MR) is 175 cm³/mol. The van der Waals surface area contributed by atoms with Crippen LogP contribution < -0.4 is 5.73 Å². The van der Waals surface area contributed by atoms with Gasteiger partial charge in [0.15, 0.2) is 5.15 Å². The molecule has 0 amide bonds. The second-order valence-corrected chi connectivity index (χ2v) is 11.7. The maximum absolute atomic E-state index is 13.4. The fraction of sp³-hybridized carbons (Fsp3) is 0.438. The van der Waals surface area contributed by atoms with Crippen molar-refractivity contribution in [3.05, 3.63) is 70.8 Å². The number of hydrogen-bond donors (Lipinski definition) is 3. The van der Waals surface area contributed by atoms with Crippen molar-refractivity contribution in [1.82, 2.24) is 40.0 Å². The highest BCUT2D eigenvalue weighted by Crippen LogP contribution is 2.30. The Morgan fingerprint density at radius 2 is 1.85 bits per heavy atom. The van der Waals surface area contributed by atoms with Crippen LogP contribution in [0.15, 0.2) is 48.5 Å². The van der Waals surface area contributed by atoms with Gasteiger partial charge in [0.05, 0.1) is 12.4 Å². The minimum atomic E-state index is -0.918. The zero-order chi connectivity index (χ0) is 33.1. The first kappa shape index (κ1) is 34.7. The molecule has 0 radical (unpaired) electrons. The number of halogens is 1. The van der Waals surface area contributed by atoms with Gasteiger partial charge < -0.3 is 20.1 Å². The van der Waals surface area contributed by atoms with Crippen LogP contribution in [0, 0.1) is 0 Å². The highest BCUT2D eigenvalue weighted by Gasteiger charge is 2.28. The highest BCUT2D eigenvalue weighted by molar-refractivity contribution is 6.30. The molecule has 0 unspecified atom stereocenters. The number of tetrazole rings is 1. The molecule has 0 saturated heterocycles. The summed E-state index contributed by atoms with van der Waals surface area (Å²) >= 11 is 6.66. The number of H-pyrrole nitrogens is 1. The van der Waals surface area contributed by atoms with E-state index in [-0.39, 0.29) is 24.8 Å². The Hall–Kier alpha value is -4.17. The second-order valence-electron chi connectivity index (χ2n) is 11.3. The lowest BCUT2D eigenvalue weighted by atomic mass is 9.98. The van der Waals surface area contributed by atoms with E-state index in [0.29, 0.717) is 37.6 Å². The molecule has 0 aliphatic carbocycles. The van der Waals surface area contributed by atoms with Crippen molar-refractivity contribution in [3.8, 4) is 22.5 Å². The molecule has 46 heavy (non-hydrogen) atoms. The number of carbonyl (C=O) groups is 2. The van der Waals surface area contributed by atoms with Crippen LogP contribution in [-0.4, -0.2) is 90.5 Å². The Bertz CT molecular complexity index is 1560. The first-order chi connectivity index (χ1) is 22.2. The number of carboxylic acid groups (broad SMARTS) is 1. The number of nitrogens with two attached hydrogens (primary N) is 1. The molecular formula is C32H42ClN9O4. The fourth-order valence-corrected chi connectivity index (χ4v) is 5.57. The summed E-state index contributed by atoms with van der Waals surface area (Å²) < 4.78 is 7.87. The SMILES string of the molecule is CCCCc1nc(Cl)c(COC(=O)[C@@H](CCCC(=O)O)N(CN)CN(C)C)n1Cc1ccc(-c2ccccc2-c2nn[nH]n2)cc1. The van der Waals surface area contributed by atoms with E-state index in [1.807, 2.05) is 60.0 Å². The van der Waals surface area contributed by atoms with Gasteiger partial charge in [-0.15, -0.1) is 10.2 Å². The first-order valence-electron chi connectivity index (χ1n) is 15.3. The summed E-state index contributed by atoms with van der Waals surface area (Å²) in [6.07, 6.45) is 3.21. The summed E-state index contributed by atoms with van der Waals surface area (Å²) in [4.78, 5) is 32.9. The molecule has 2 aromatic carbocycles. The van der Waals surface area contributed by atoms with Gasteiger partial charge in [-0.25, -0.2) is 4.98 Å². The van der Waals surface area contributed by atoms with Crippen molar-refractivity contribution in [2.75, 3.05) is 27.4 Å². The van der Waals surface area contributed by atoms with Gasteiger partial charge in [0.25, 0.3) is 0 Å². The van der Waals surface area contributed by atoms with E-state index in [0.717, 1.165) is 47.3 Å². The topological polar surface area (TPSA) is 168 Å². The Kier molecular flexibility index (Phi) is 12.8. The number of hydrogen-bond acceptors (Lipinski definition) is 10. The van der Waals surface area contributed by atoms with E-state index in [1.165, 1.54) is 0 Å². The number of carboxylic acids is 1. The smallest absolute Gasteiger partial charge is 0.323 e. The summed E-state index contributed by atoms with van der Waals surface area (Å²) in [5.74, 6) is -0.0636. The molecule has 1 atom stereocenters. The number of benzene rings is 2. The summed E-state index contributed by atoms with van der Waals surface area (Å²) in [6, 6.07) is 15.4. The van der Waals surface area contributed by atoms with Gasteiger partial charge in [-0.2, -0.15) is 5.21 Å². The van der Waals surface area contributed by atoms with Crippen molar-refractivity contribution in [2.24, 2.45) is 5.73 Å². The Balaban J connectivity index is 1.55. The van der Waals surface area contributed by atoms with Gasteiger partial charge in [-0.1, -0.05) is 73.5 Å². The number of aryl methyl sites for hydroxylation is 1. The van der Waals surface area contributed by atoms with Crippen LogP contribution in [0.3, 0.4) is 0 Å². The van der Waals surface area contributed by atoms with Crippen LogP contribution in [0.4, 0.5) is 0 Å². The minimum absolute atomic E-state index is 0.0506. The van der Waals surface area contributed by atoms with Gasteiger partial charge in [-0.3, -0.25) is 19.4 Å². The summed E-state index contributed by atoms with van der Waals surface area (Å²) in [5.41, 5.74) is 10.5. The Morgan fingerprint density at radius 1 is 1.11 bits per heavy atom. The van der Waals surface area contributed by atoms with E-state index in [4.69, 9.17) is 27.2 Å². The van der Waals surface area contributed by atoms with Gasteiger partial charge in [-0.05, 0) is 55.3 Å². The first-order valence-corrected chi connectivity index (χ1v) is 15.7. The molecular weight excluding hydrogens is 610 g/mol. The molecule has 14 heteroatoms. The summed E-state index contributed by atoms with van der Waals surface area (Å²) in [6.45, 7) is 3.04. The molecule has 0 saturated carbocycles. The van der Waals surface area contributed by atoms with E-state index >= 15 is 0 Å². The number of imidazole rings is 1. The summed E-state index contributed by atoms with van der Waals surface area (Å²) in [7, 11) is 3.75. The average molecular weight is 652 g/mol. The number of aromatic nitrogens is 6. The number of nitrogens with zero attached hydrogens (tertiary/aromatic N) is 7. The van der Waals surface area contributed by atoms with Gasteiger partial charge in [0.1, 0.15) is 18.5 Å². The summed E-state index contributed by atoms with van der Waals surface area (Å²) in [5, 5.41) is 23.9. The molecule has 2 aromatic heterocycles. The Labute approximate surface area is 273 Å². The zero-order valence-electron chi connectivity index (χ0n) is 26.5. The number of aromatic amines is 1. The zero-order valence-corrected chi connectivity index (χ0v) is 27.3. The van der Waals surface area contributed by atoms with Crippen LogP contribution in [0.1, 0.15) is 56.1 Å². The molecule has 0 bridgehead atoms. The molecule has 4 N–H and O–H groups in total. The second kappa shape index (κ2) is 16.9. The fourth-order valence-electron chi connectivity index (χ4n) is 5.31. The quantitative estimate of drug-likeness (QED) is 0.104. The van der Waals surface area contributed by atoms with Gasteiger partial charge in [0, 0.05) is 31.6 Å². The van der Waals surface area contributed by atoms with E-state index in [9.17, 15) is 9.59 Å². The number of nitrogens with one attached hydrogen (secondary N) is 1. The van der Waals surface area contributed by atoms with Gasteiger partial charge in [0.2, 0.25) is 5.82 Å². The van der Waals surface area contributed by atoms with Gasteiger partial charge >= 0.3 is 11.9 Å². The molecule has 0 aliphatic heterocycles. The molecule has 13 nitrogen and oxygen atoms in total. The number of unbranched alkanes of at least 4 members (excludes halogenated alkanes) is 1. The molecule has 0 spiro atoms. The van der Waals surface area contributed by atoms with Crippen molar-refractivity contribution < 1.29 is 19.4 Å². The molecule has 2 heterocycles. The highest BCUT2D eigenvalue weighted by atomic mass is 35.5. The maximum Gasteiger partial charge on any atom is 0.323 e. The number of carbonyl (C=O) groups excluding carboxylic acids is 1. The van der Waals surface area contributed by atoms with Crippen LogP contribution in [0.2, 0.25) is 5.15 Å². The molecule has 0 fully saturated rings. The lowest BCUT2D eigenvalue weighted by molar-refractivity contribution is -0.153. The lowest BCUT2D eigenvalue weighted by Gasteiger charge is -2.31. The third-order valence-electron chi connectivity index (χ3n) is 7.61. The van der Waals surface area contributed by atoms with Crippen LogP contribution >= 0.6 is 11.6 Å². The number of aliphatic carboxylic acids is 1. The molecule has 0 aliphatic rings. The van der Waals surface area contributed by atoms with E-state index in [2.05, 4.69) is 44.7 Å². The third kappa shape index (κ3) is 9.19. The van der Waals surface area contributed by atoms with Crippen molar-refractivity contribution in [2.45, 2.75) is 64.6 Å². The van der Waals surface area contributed by atoms with Crippen LogP contribution in [0.5, 0.6) is 0 Å². The average Bonchev–Trinajstić information content (AvgIpc) is 3.68.